The molecule has 0 radical (unpaired) electrons. The van der Waals surface area contributed by atoms with E-state index in [-0.39, 0.29) is 18.1 Å². The molecule has 0 heterocycles. The van der Waals surface area contributed by atoms with Crippen molar-refractivity contribution in [2.75, 3.05) is 6.61 Å². The summed E-state index contributed by atoms with van der Waals surface area (Å²) in [5, 5.41) is 2.87. The zero-order valence-electron chi connectivity index (χ0n) is 11.3. The lowest BCUT2D eigenvalue weighted by atomic mass is 10.0. The Labute approximate surface area is 121 Å². The second kappa shape index (κ2) is 6.70. The van der Waals surface area contributed by atoms with Crippen LogP contribution in [-0.2, 0) is 4.79 Å². The van der Waals surface area contributed by atoms with Crippen LogP contribution in [0, 0.1) is 0 Å². The lowest BCUT2D eigenvalue weighted by Gasteiger charge is -2.24. The Bertz CT molecular complexity index is 472. The molecule has 0 saturated heterocycles. The summed E-state index contributed by atoms with van der Waals surface area (Å²) in [6.07, 6.45) is 1.53. The molecule has 1 rings (SSSR count). The average molecular weight is 328 g/mol. The number of amides is 1. The van der Waals surface area contributed by atoms with Gasteiger partial charge in [-0.05, 0) is 48.3 Å². The standard InChI is InChI=1S/C14H18BrNO3/c1-4-14(2,3)16-12(18)9-19-13-10(8-17)6-5-7-11(13)15/h5-8H,4,9H2,1-3H3,(H,16,18). The van der Waals surface area contributed by atoms with E-state index >= 15 is 0 Å². The monoisotopic (exact) mass is 327 g/mol. The van der Waals surface area contributed by atoms with Crippen LogP contribution in [0.1, 0.15) is 37.6 Å². The van der Waals surface area contributed by atoms with Crippen molar-refractivity contribution >= 4 is 28.1 Å². The number of carbonyl (C=O) groups excluding carboxylic acids is 2. The summed E-state index contributed by atoms with van der Waals surface area (Å²) in [4.78, 5) is 22.7. The van der Waals surface area contributed by atoms with Crippen molar-refractivity contribution in [1.82, 2.24) is 5.32 Å². The van der Waals surface area contributed by atoms with Crippen LogP contribution in [0.5, 0.6) is 5.75 Å². The highest BCUT2D eigenvalue weighted by molar-refractivity contribution is 9.10. The van der Waals surface area contributed by atoms with E-state index < -0.39 is 0 Å². The summed E-state index contributed by atoms with van der Waals surface area (Å²) in [6, 6.07) is 5.14. The van der Waals surface area contributed by atoms with Gasteiger partial charge in [0.25, 0.3) is 5.91 Å². The van der Waals surface area contributed by atoms with Gasteiger partial charge in [0.15, 0.2) is 12.9 Å². The predicted molar refractivity (Wildman–Crippen MR) is 77.5 cm³/mol. The number of aldehydes is 1. The number of halogens is 1. The number of hydrogen-bond acceptors (Lipinski definition) is 3. The molecule has 0 bridgehead atoms. The van der Waals surface area contributed by atoms with E-state index in [0.717, 1.165) is 6.42 Å². The summed E-state index contributed by atoms with van der Waals surface area (Å²) >= 11 is 3.30. The van der Waals surface area contributed by atoms with E-state index in [2.05, 4.69) is 21.2 Å². The minimum atomic E-state index is -0.262. The first-order valence-corrected chi connectivity index (χ1v) is 6.86. The van der Waals surface area contributed by atoms with Gasteiger partial charge in [-0.1, -0.05) is 13.0 Å². The van der Waals surface area contributed by atoms with Crippen LogP contribution in [0.4, 0.5) is 0 Å². The molecule has 0 aromatic heterocycles. The van der Waals surface area contributed by atoms with Crippen molar-refractivity contribution in [2.24, 2.45) is 0 Å². The number of hydrogen-bond donors (Lipinski definition) is 1. The van der Waals surface area contributed by atoms with Crippen molar-refractivity contribution < 1.29 is 14.3 Å². The number of ether oxygens (including phenoxy) is 1. The minimum absolute atomic E-state index is 0.118. The number of carbonyl (C=O) groups is 2. The van der Waals surface area contributed by atoms with Crippen LogP contribution >= 0.6 is 15.9 Å². The van der Waals surface area contributed by atoms with Crippen LogP contribution in [0.3, 0.4) is 0 Å². The highest BCUT2D eigenvalue weighted by Gasteiger charge is 2.18. The van der Waals surface area contributed by atoms with Gasteiger partial charge in [0.2, 0.25) is 0 Å². The van der Waals surface area contributed by atoms with Crippen molar-refractivity contribution in [1.29, 1.82) is 0 Å². The van der Waals surface area contributed by atoms with Gasteiger partial charge in [-0.15, -0.1) is 0 Å². The maximum Gasteiger partial charge on any atom is 0.258 e. The molecule has 0 aliphatic heterocycles. The number of para-hydroxylation sites is 1. The van der Waals surface area contributed by atoms with E-state index in [1.165, 1.54) is 0 Å². The molecule has 0 aliphatic carbocycles. The van der Waals surface area contributed by atoms with E-state index in [0.29, 0.717) is 22.1 Å². The second-order valence-corrected chi connectivity index (χ2v) is 5.70. The maximum atomic E-state index is 11.8. The van der Waals surface area contributed by atoms with Crippen LogP contribution < -0.4 is 10.1 Å². The zero-order valence-corrected chi connectivity index (χ0v) is 12.9. The van der Waals surface area contributed by atoms with E-state index in [4.69, 9.17) is 4.74 Å². The van der Waals surface area contributed by atoms with Crippen LogP contribution in [0.15, 0.2) is 22.7 Å². The molecule has 1 amide bonds. The topological polar surface area (TPSA) is 55.4 Å². The zero-order chi connectivity index (χ0) is 14.5. The molecule has 5 heteroatoms. The Morgan fingerprint density at radius 1 is 1.47 bits per heavy atom. The summed E-state index contributed by atoms with van der Waals surface area (Å²) in [6.45, 7) is 5.77. The normalized spacial score (nSPS) is 10.9. The summed E-state index contributed by atoms with van der Waals surface area (Å²) in [5.74, 6) is 0.182. The third-order valence-electron chi connectivity index (χ3n) is 2.83. The molecular weight excluding hydrogens is 310 g/mol. The van der Waals surface area contributed by atoms with Crippen molar-refractivity contribution in [3.8, 4) is 5.75 Å². The van der Waals surface area contributed by atoms with Crippen LogP contribution in [0.2, 0.25) is 0 Å². The predicted octanol–water partition coefficient (Wildman–Crippen LogP) is 2.95. The third-order valence-corrected chi connectivity index (χ3v) is 3.46. The molecule has 1 aromatic rings. The highest BCUT2D eigenvalue weighted by atomic mass is 79.9. The fraction of sp³-hybridized carbons (Fsp3) is 0.429. The quantitative estimate of drug-likeness (QED) is 0.817. The number of rotatable bonds is 6. The van der Waals surface area contributed by atoms with Crippen LogP contribution in [0.25, 0.3) is 0 Å². The van der Waals surface area contributed by atoms with Crippen molar-refractivity contribution in [3.63, 3.8) is 0 Å². The molecule has 1 N–H and O–H groups in total. The third kappa shape index (κ3) is 4.67. The molecule has 4 nitrogen and oxygen atoms in total. The molecule has 0 fully saturated rings. The lowest BCUT2D eigenvalue weighted by Crippen LogP contribution is -2.44. The fourth-order valence-corrected chi connectivity index (χ4v) is 1.91. The van der Waals surface area contributed by atoms with Gasteiger partial charge >= 0.3 is 0 Å². The first-order chi connectivity index (χ1) is 8.89. The Morgan fingerprint density at radius 3 is 2.74 bits per heavy atom. The Kier molecular flexibility index (Phi) is 5.54. The average Bonchev–Trinajstić information content (AvgIpc) is 2.36. The first-order valence-electron chi connectivity index (χ1n) is 6.07. The molecule has 19 heavy (non-hydrogen) atoms. The molecule has 0 spiro atoms. The Balaban J connectivity index is 2.67. The SMILES string of the molecule is CCC(C)(C)NC(=O)COc1c(Br)cccc1C=O. The minimum Gasteiger partial charge on any atom is -0.482 e. The molecule has 0 aliphatic rings. The second-order valence-electron chi connectivity index (χ2n) is 4.85. The summed E-state index contributed by atoms with van der Waals surface area (Å²) < 4.78 is 6.07. The molecule has 0 saturated carbocycles. The Morgan fingerprint density at radius 2 is 2.16 bits per heavy atom. The summed E-state index contributed by atoms with van der Waals surface area (Å²) in [7, 11) is 0. The Hall–Kier alpha value is -1.36. The van der Waals surface area contributed by atoms with Gasteiger partial charge in [0.05, 0.1) is 10.0 Å². The van der Waals surface area contributed by atoms with Crippen molar-refractivity contribution in [2.45, 2.75) is 32.7 Å². The lowest BCUT2D eigenvalue weighted by molar-refractivity contribution is -0.124. The van der Waals surface area contributed by atoms with Gasteiger partial charge in [0.1, 0.15) is 5.75 Å². The number of nitrogens with one attached hydrogen (secondary N) is 1. The first kappa shape index (κ1) is 15.7. The van der Waals surface area contributed by atoms with Crippen LogP contribution in [-0.4, -0.2) is 24.3 Å². The van der Waals surface area contributed by atoms with Gasteiger partial charge < -0.3 is 10.1 Å². The van der Waals surface area contributed by atoms with Gasteiger partial charge in [-0.2, -0.15) is 0 Å². The highest BCUT2D eigenvalue weighted by Crippen LogP contribution is 2.27. The maximum absolute atomic E-state index is 11.8. The van der Waals surface area contributed by atoms with Gasteiger partial charge in [-0.3, -0.25) is 9.59 Å². The van der Waals surface area contributed by atoms with Gasteiger partial charge in [0, 0.05) is 5.54 Å². The smallest absolute Gasteiger partial charge is 0.258 e. The molecule has 1 aromatic carbocycles. The van der Waals surface area contributed by atoms with Crippen molar-refractivity contribution in [3.05, 3.63) is 28.2 Å². The summed E-state index contributed by atoms with van der Waals surface area (Å²) in [5.41, 5.74) is 0.152. The van der Waals surface area contributed by atoms with E-state index in [1.807, 2.05) is 20.8 Å². The van der Waals surface area contributed by atoms with E-state index in [9.17, 15) is 9.59 Å². The molecule has 0 atom stereocenters. The largest absolute Gasteiger partial charge is 0.482 e. The molecular formula is C14H18BrNO3. The van der Waals surface area contributed by atoms with Gasteiger partial charge in [-0.25, -0.2) is 0 Å². The fourth-order valence-electron chi connectivity index (χ4n) is 1.41. The van der Waals surface area contributed by atoms with E-state index in [1.54, 1.807) is 18.2 Å². The molecule has 104 valence electrons. The molecule has 0 unspecified atom stereocenters. The number of benzene rings is 1.